The van der Waals surface area contributed by atoms with E-state index in [1.54, 1.807) is 0 Å². The SMILES string of the molecule is O=C(O)/C=C/C(=O)c1c(Br)ccnc1F. The van der Waals surface area contributed by atoms with Crippen molar-refractivity contribution in [2.24, 2.45) is 0 Å². The van der Waals surface area contributed by atoms with Crippen LogP contribution in [0.5, 0.6) is 0 Å². The number of carbonyl (C=O) groups is 2. The van der Waals surface area contributed by atoms with Crippen molar-refractivity contribution in [3.63, 3.8) is 0 Å². The highest BCUT2D eigenvalue weighted by atomic mass is 79.9. The van der Waals surface area contributed by atoms with E-state index in [2.05, 4.69) is 20.9 Å². The highest BCUT2D eigenvalue weighted by molar-refractivity contribution is 9.10. The molecule has 1 aromatic rings. The molecule has 1 heterocycles. The lowest BCUT2D eigenvalue weighted by Gasteiger charge is -1.99. The normalized spacial score (nSPS) is 10.5. The predicted octanol–water partition coefficient (Wildman–Crippen LogP) is 1.81. The summed E-state index contributed by atoms with van der Waals surface area (Å²) in [6.45, 7) is 0. The number of aromatic nitrogens is 1. The lowest BCUT2D eigenvalue weighted by Crippen LogP contribution is -2.03. The monoisotopic (exact) mass is 273 g/mol. The van der Waals surface area contributed by atoms with Gasteiger partial charge in [-0.05, 0) is 28.1 Å². The summed E-state index contributed by atoms with van der Waals surface area (Å²) in [6.07, 6.45) is 2.60. The third-order valence-electron chi connectivity index (χ3n) is 1.48. The molecule has 0 radical (unpaired) electrons. The van der Waals surface area contributed by atoms with Gasteiger partial charge in [0.05, 0.1) is 5.56 Å². The number of aliphatic carboxylic acids is 1. The van der Waals surface area contributed by atoms with Crippen molar-refractivity contribution in [2.45, 2.75) is 0 Å². The molecule has 0 fully saturated rings. The molecule has 4 nitrogen and oxygen atoms in total. The van der Waals surface area contributed by atoms with E-state index in [9.17, 15) is 14.0 Å². The molecular formula is C9H5BrFNO3. The molecule has 0 aliphatic heterocycles. The van der Waals surface area contributed by atoms with Crippen molar-refractivity contribution in [1.82, 2.24) is 4.98 Å². The van der Waals surface area contributed by atoms with Gasteiger partial charge < -0.3 is 5.11 Å². The molecule has 1 rings (SSSR count). The van der Waals surface area contributed by atoms with E-state index in [1.807, 2.05) is 0 Å². The highest BCUT2D eigenvalue weighted by Gasteiger charge is 2.14. The molecule has 1 N–H and O–H groups in total. The van der Waals surface area contributed by atoms with Crippen LogP contribution in [0.1, 0.15) is 10.4 Å². The average molecular weight is 274 g/mol. The van der Waals surface area contributed by atoms with Gasteiger partial charge in [0.1, 0.15) is 0 Å². The van der Waals surface area contributed by atoms with Crippen molar-refractivity contribution in [2.75, 3.05) is 0 Å². The Morgan fingerprint density at radius 1 is 1.47 bits per heavy atom. The van der Waals surface area contributed by atoms with Gasteiger partial charge in [0.15, 0.2) is 5.78 Å². The van der Waals surface area contributed by atoms with Crippen LogP contribution in [0.3, 0.4) is 0 Å². The Morgan fingerprint density at radius 2 is 2.13 bits per heavy atom. The summed E-state index contributed by atoms with van der Waals surface area (Å²) in [4.78, 5) is 24.8. The maximum atomic E-state index is 13.1. The molecule has 0 unspecified atom stereocenters. The zero-order valence-electron chi connectivity index (χ0n) is 7.28. The van der Waals surface area contributed by atoms with Gasteiger partial charge in [0.25, 0.3) is 0 Å². The van der Waals surface area contributed by atoms with Crippen molar-refractivity contribution in [1.29, 1.82) is 0 Å². The average Bonchev–Trinajstić information content (AvgIpc) is 2.14. The predicted molar refractivity (Wildman–Crippen MR) is 53.0 cm³/mol. The van der Waals surface area contributed by atoms with Gasteiger partial charge in [0.2, 0.25) is 5.95 Å². The molecule has 1 aromatic heterocycles. The van der Waals surface area contributed by atoms with E-state index in [4.69, 9.17) is 5.11 Å². The van der Waals surface area contributed by atoms with E-state index in [0.717, 1.165) is 6.08 Å². The fourth-order valence-corrected chi connectivity index (χ4v) is 1.34. The molecule has 0 bridgehead atoms. The molecule has 0 atom stereocenters. The van der Waals surface area contributed by atoms with Gasteiger partial charge in [-0.25, -0.2) is 9.78 Å². The minimum absolute atomic E-state index is 0.232. The Morgan fingerprint density at radius 3 is 2.67 bits per heavy atom. The van der Waals surface area contributed by atoms with Crippen LogP contribution in [0.15, 0.2) is 28.9 Å². The molecule has 0 amide bonds. The number of hydrogen-bond acceptors (Lipinski definition) is 3. The number of carbonyl (C=O) groups excluding carboxylic acids is 1. The van der Waals surface area contributed by atoms with Crippen LogP contribution in [0.4, 0.5) is 4.39 Å². The maximum Gasteiger partial charge on any atom is 0.328 e. The molecule has 0 saturated heterocycles. The molecule has 0 spiro atoms. The van der Waals surface area contributed by atoms with Crippen molar-refractivity contribution in [3.8, 4) is 0 Å². The van der Waals surface area contributed by atoms with Crippen molar-refractivity contribution < 1.29 is 19.1 Å². The summed E-state index contributed by atoms with van der Waals surface area (Å²) in [7, 11) is 0. The molecule has 0 saturated carbocycles. The van der Waals surface area contributed by atoms with Gasteiger partial charge in [-0.15, -0.1) is 0 Å². The lowest BCUT2D eigenvalue weighted by molar-refractivity contribution is -0.131. The van der Waals surface area contributed by atoms with E-state index in [0.29, 0.717) is 6.08 Å². The van der Waals surface area contributed by atoms with E-state index in [-0.39, 0.29) is 10.0 Å². The van der Waals surface area contributed by atoms with Gasteiger partial charge in [-0.1, -0.05) is 0 Å². The number of hydrogen-bond donors (Lipinski definition) is 1. The summed E-state index contributed by atoms with van der Waals surface area (Å²) in [5, 5.41) is 8.29. The summed E-state index contributed by atoms with van der Waals surface area (Å²) >= 11 is 2.97. The number of rotatable bonds is 3. The molecule has 6 heteroatoms. The number of halogens is 2. The van der Waals surface area contributed by atoms with Crippen LogP contribution in [-0.4, -0.2) is 21.8 Å². The zero-order valence-corrected chi connectivity index (χ0v) is 8.86. The molecule has 0 aliphatic rings. The second kappa shape index (κ2) is 4.79. The molecule has 0 aliphatic carbocycles. The maximum absolute atomic E-state index is 13.1. The number of carboxylic acid groups (broad SMARTS) is 1. The number of nitrogens with zero attached hydrogens (tertiary/aromatic N) is 1. The van der Waals surface area contributed by atoms with Crippen LogP contribution in [0.2, 0.25) is 0 Å². The van der Waals surface area contributed by atoms with Crippen molar-refractivity contribution >= 4 is 27.7 Å². The Kier molecular flexibility index (Phi) is 3.68. The highest BCUT2D eigenvalue weighted by Crippen LogP contribution is 2.18. The third-order valence-corrected chi connectivity index (χ3v) is 2.14. The van der Waals surface area contributed by atoms with Crippen LogP contribution in [-0.2, 0) is 4.79 Å². The van der Waals surface area contributed by atoms with Gasteiger partial charge in [0, 0.05) is 16.7 Å². The molecule has 78 valence electrons. The number of pyridine rings is 1. The number of carboxylic acids is 1. The van der Waals surface area contributed by atoms with E-state index in [1.165, 1.54) is 12.3 Å². The second-order valence-electron chi connectivity index (χ2n) is 2.49. The molecular weight excluding hydrogens is 269 g/mol. The quantitative estimate of drug-likeness (QED) is 0.518. The Labute approximate surface area is 92.6 Å². The fraction of sp³-hybridized carbons (Fsp3) is 0. The topological polar surface area (TPSA) is 67.3 Å². The van der Waals surface area contributed by atoms with E-state index >= 15 is 0 Å². The third kappa shape index (κ3) is 2.95. The zero-order chi connectivity index (χ0) is 11.4. The first-order chi connectivity index (χ1) is 7.02. The summed E-state index contributed by atoms with van der Waals surface area (Å²) in [5.41, 5.74) is -0.282. The lowest BCUT2D eigenvalue weighted by atomic mass is 10.2. The minimum atomic E-state index is -1.27. The standard InChI is InChI=1S/C9H5BrFNO3/c10-5-3-4-12-9(11)8(5)6(13)1-2-7(14)15/h1-4H,(H,14,15)/b2-1+. The summed E-state index contributed by atoms with van der Waals surface area (Å²) < 4.78 is 13.3. The summed E-state index contributed by atoms with van der Waals surface area (Å²) in [5.74, 6) is -2.97. The minimum Gasteiger partial charge on any atom is -0.478 e. The van der Waals surface area contributed by atoms with Gasteiger partial charge in [-0.3, -0.25) is 4.79 Å². The Hall–Kier alpha value is -1.56. The number of allylic oxidation sites excluding steroid dienone is 1. The first-order valence-corrected chi connectivity index (χ1v) is 4.57. The van der Waals surface area contributed by atoms with Crippen LogP contribution < -0.4 is 0 Å². The number of ketones is 1. The van der Waals surface area contributed by atoms with Crippen LogP contribution >= 0.6 is 15.9 Å². The van der Waals surface area contributed by atoms with E-state index < -0.39 is 17.7 Å². The summed E-state index contributed by atoms with van der Waals surface area (Å²) in [6, 6.07) is 1.39. The first-order valence-electron chi connectivity index (χ1n) is 3.77. The van der Waals surface area contributed by atoms with Crippen LogP contribution in [0, 0.1) is 5.95 Å². The van der Waals surface area contributed by atoms with Gasteiger partial charge >= 0.3 is 5.97 Å². The van der Waals surface area contributed by atoms with Crippen molar-refractivity contribution in [3.05, 3.63) is 40.4 Å². The Balaban J connectivity index is 3.06. The van der Waals surface area contributed by atoms with Gasteiger partial charge in [-0.2, -0.15) is 4.39 Å². The fourth-order valence-electron chi connectivity index (χ4n) is 0.864. The second-order valence-corrected chi connectivity index (χ2v) is 3.35. The van der Waals surface area contributed by atoms with Crippen LogP contribution in [0.25, 0.3) is 0 Å². The molecule has 15 heavy (non-hydrogen) atoms. The molecule has 0 aromatic carbocycles. The smallest absolute Gasteiger partial charge is 0.328 e. The Bertz CT molecular complexity index is 425. The largest absolute Gasteiger partial charge is 0.478 e. The first kappa shape index (κ1) is 11.5.